The Kier molecular flexibility index (Phi) is 19.6. The molecule has 0 aliphatic rings. The summed E-state index contributed by atoms with van der Waals surface area (Å²) in [6.07, 6.45) is 0. The second-order valence-electron chi connectivity index (χ2n) is 3.74. The van der Waals surface area contributed by atoms with Crippen LogP contribution >= 0.6 is 0 Å². The van der Waals surface area contributed by atoms with E-state index in [-0.39, 0.29) is 60.5 Å². The fourth-order valence-electron chi connectivity index (χ4n) is 1.19. The van der Waals surface area contributed by atoms with Crippen LogP contribution in [0.2, 0.25) is 0 Å². The number of halogens is 2. The number of allylic oxidation sites excluding steroid dienone is 1. The molecular formula is C14H18Cl2SiZr. The molecule has 0 spiro atoms. The first kappa shape index (κ1) is 23.2. The first-order chi connectivity index (χ1) is 7.29. The average molecular weight is 377 g/mol. The molecule has 2 aromatic rings. The van der Waals surface area contributed by atoms with E-state index in [0.717, 1.165) is 0 Å². The van der Waals surface area contributed by atoms with Crippen molar-refractivity contribution in [3.63, 3.8) is 0 Å². The van der Waals surface area contributed by atoms with Crippen LogP contribution in [0.15, 0.2) is 65.9 Å². The van der Waals surface area contributed by atoms with Crippen molar-refractivity contribution in [3.05, 3.63) is 65.9 Å². The Labute approximate surface area is 144 Å². The monoisotopic (exact) mass is 374 g/mol. The molecule has 0 bridgehead atoms. The first-order valence-corrected chi connectivity index (χ1v) is 6.82. The molecule has 0 N–H and O–H groups in total. The van der Waals surface area contributed by atoms with Gasteiger partial charge in [0.05, 0.1) is 9.52 Å². The molecule has 0 atom stereocenters. The van der Waals surface area contributed by atoms with Gasteiger partial charge in [-0.2, -0.15) is 35.5 Å². The van der Waals surface area contributed by atoms with E-state index in [9.17, 15) is 0 Å². The van der Waals surface area contributed by atoms with Gasteiger partial charge < -0.3 is 24.8 Å². The predicted molar refractivity (Wildman–Crippen MR) is 71.7 cm³/mol. The van der Waals surface area contributed by atoms with Crippen molar-refractivity contribution < 1.29 is 51.0 Å². The normalized spacial score (nSPS) is 8.11. The van der Waals surface area contributed by atoms with Gasteiger partial charge in [-0.1, -0.05) is 11.3 Å². The second kappa shape index (κ2) is 15.2. The predicted octanol–water partition coefficient (Wildman–Crippen LogP) is -3.47. The number of hydrogen-bond donors (Lipinski definition) is 0. The van der Waals surface area contributed by atoms with Crippen LogP contribution in [0.1, 0.15) is 13.8 Å². The molecule has 18 heavy (non-hydrogen) atoms. The summed E-state index contributed by atoms with van der Waals surface area (Å²) in [6, 6.07) is 18.7. The summed E-state index contributed by atoms with van der Waals surface area (Å²) in [5.41, 5.74) is 3.84. The Morgan fingerprint density at radius 1 is 1.06 bits per heavy atom. The summed E-state index contributed by atoms with van der Waals surface area (Å²) in [6.45, 7) is 4.33. The summed E-state index contributed by atoms with van der Waals surface area (Å²) < 4.78 is 0. The van der Waals surface area contributed by atoms with Gasteiger partial charge >= 0.3 is 26.2 Å². The van der Waals surface area contributed by atoms with Gasteiger partial charge in [0, 0.05) is 0 Å². The van der Waals surface area contributed by atoms with Crippen LogP contribution in [0.3, 0.4) is 0 Å². The van der Waals surface area contributed by atoms with E-state index in [4.69, 9.17) is 0 Å². The maximum atomic E-state index is 2.38. The fraction of sp³-hybridized carbons (Fsp3) is 0.143. The van der Waals surface area contributed by atoms with Gasteiger partial charge in [-0.25, -0.2) is 24.3 Å². The summed E-state index contributed by atoms with van der Waals surface area (Å²) in [5.74, 6) is 0. The quantitative estimate of drug-likeness (QED) is 0.378. The van der Waals surface area contributed by atoms with Gasteiger partial charge in [-0.3, -0.25) is 0 Å². The van der Waals surface area contributed by atoms with E-state index in [0.29, 0.717) is 0 Å². The summed E-state index contributed by atoms with van der Waals surface area (Å²) in [4.78, 5) is 0. The van der Waals surface area contributed by atoms with Crippen molar-refractivity contribution in [2.24, 2.45) is 0 Å². The third kappa shape index (κ3) is 12.6. The van der Waals surface area contributed by atoms with Gasteiger partial charge in [0.2, 0.25) is 0 Å². The molecule has 96 valence electrons. The van der Waals surface area contributed by atoms with Gasteiger partial charge in [-0.05, 0) is 13.8 Å². The zero-order valence-corrected chi connectivity index (χ0v) is 16.1. The maximum absolute atomic E-state index is 2.38. The van der Waals surface area contributed by atoms with Gasteiger partial charge in [-0.15, -0.1) is 0 Å². The second-order valence-corrected chi connectivity index (χ2v) is 5.37. The molecule has 0 unspecified atom stereocenters. The van der Waals surface area contributed by atoms with E-state index in [1.807, 2.05) is 30.3 Å². The molecule has 0 aromatic heterocycles. The third-order valence-electron chi connectivity index (χ3n) is 2.03. The van der Waals surface area contributed by atoms with Crippen molar-refractivity contribution >= 4 is 14.7 Å². The zero-order chi connectivity index (χ0) is 10.9. The van der Waals surface area contributed by atoms with Gasteiger partial charge in [0.15, 0.2) is 0 Å². The molecule has 0 amide bonds. The summed E-state index contributed by atoms with van der Waals surface area (Å²) in [5, 5.41) is 1.54. The van der Waals surface area contributed by atoms with Gasteiger partial charge in [0.1, 0.15) is 0 Å². The van der Waals surface area contributed by atoms with Crippen LogP contribution in [-0.4, -0.2) is 9.52 Å². The molecular weight excluding hydrogens is 358 g/mol. The molecule has 0 saturated heterocycles. The average Bonchev–Trinajstić information content (AvgIpc) is 2.91. The van der Waals surface area contributed by atoms with Crippen molar-refractivity contribution in [1.82, 2.24) is 0 Å². The first-order valence-electron chi connectivity index (χ1n) is 5.29. The van der Waals surface area contributed by atoms with Crippen LogP contribution in [0, 0.1) is 0 Å². The Hall–Kier alpha value is 0.120. The van der Waals surface area contributed by atoms with E-state index < -0.39 is 0 Å². The van der Waals surface area contributed by atoms with E-state index in [2.05, 4.69) is 43.8 Å². The van der Waals surface area contributed by atoms with Crippen molar-refractivity contribution in [2.45, 2.75) is 13.8 Å². The van der Waals surface area contributed by atoms with Crippen LogP contribution < -0.4 is 30.0 Å². The van der Waals surface area contributed by atoms with Crippen LogP contribution in [0.4, 0.5) is 0 Å². The minimum absolute atomic E-state index is 0. The summed E-state index contributed by atoms with van der Waals surface area (Å²) in [7, 11) is -0.0787. The van der Waals surface area contributed by atoms with E-state index in [1.54, 1.807) is 5.19 Å². The molecule has 2 aromatic carbocycles. The van der Waals surface area contributed by atoms with Crippen LogP contribution in [0.5, 0.6) is 0 Å². The zero-order valence-electron chi connectivity index (χ0n) is 10.7. The molecule has 2 rings (SSSR count). The van der Waals surface area contributed by atoms with Crippen molar-refractivity contribution in [3.8, 4) is 0 Å². The molecule has 0 aliphatic heterocycles. The Morgan fingerprint density at radius 3 is 2.00 bits per heavy atom. The molecule has 0 fully saturated rings. The van der Waals surface area contributed by atoms with E-state index >= 15 is 0 Å². The Bertz CT molecular complexity index is 345. The molecule has 0 heterocycles. The standard InChI is InChI=1S/C9H13Si.C5H5.2ClH.Zr/c1-8(2)7-10-9-5-3-4-6-9;1-2-4-5-3-1;;;/h3-7H,10H2,1-2H3;1-5H;2*1H;/q2*-1;;;+4/p-2. The SMILES string of the molecule is CC(C)=C[SiH2]c1ccc[cH-]1.[Cl-].[Cl-].[Zr+4].c1cc[cH-]c1. The smallest absolute Gasteiger partial charge is 1.00 e. The largest absolute Gasteiger partial charge is 4.00 e. The Morgan fingerprint density at radius 2 is 1.67 bits per heavy atom. The summed E-state index contributed by atoms with van der Waals surface area (Å²) >= 11 is 0. The number of rotatable bonds is 2. The Balaban J connectivity index is -0.000000245. The van der Waals surface area contributed by atoms with Gasteiger partial charge in [0.25, 0.3) is 0 Å². The molecule has 4 heteroatoms. The molecule has 0 radical (unpaired) electrons. The molecule has 0 nitrogen and oxygen atoms in total. The minimum Gasteiger partial charge on any atom is -1.00 e. The van der Waals surface area contributed by atoms with Crippen molar-refractivity contribution in [1.29, 1.82) is 0 Å². The van der Waals surface area contributed by atoms with Crippen molar-refractivity contribution in [2.75, 3.05) is 0 Å². The fourth-order valence-corrected chi connectivity index (χ4v) is 2.38. The minimum atomic E-state index is -0.0787. The van der Waals surface area contributed by atoms with Crippen LogP contribution in [0.25, 0.3) is 0 Å². The molecule has 0 aliphatic carbocycles. The third-order valence-corrected chi connectivity index (χ3v) is 4.00. The van der Waals surface area contributed by atoms with Crippen LogP contribution in [-0.2, 0) is 26.2 Å². The molecule has 0 saturated carbocycles. The topological polar surface area (TPSA) is 0 Å². The maximum Gasteiger partial charge on any atom is 4.00 e. The number of hydrogen-bond acceptors (Lipinski definition) is 0. The van der Waals surface area contributed by atoms with E-state index in [1.165, 1.54) is 5.57 Å².